The van der Waals surface area contributed by atoms with Crippen molar-refractivity contribution in [3.05, 3.63) is 52.9 Å². The maximum absolute atomic E-state index is 13.5. The Hall–Kier alpha value is -3.36. The van der Waals surface area contributed by atoms with Crippen LogP contribution in [0, 0.1) is 25.6 Å². The van der Waals surface area contributed by atoms with Crippen LogP contribution in [-0.4, -0.2) is 55.4 Å². The average molecular weight is 423 g/mol. The maximum Gasteiger partial charge on any atom is 0.293 e. The van der Waals surface area contributed by atoms with Gasteiger partial charge in [0.1, 0.15) is 17.7 Å². The summed E-state index contributed by atoms with van der Waals surface area (Å²) in [6, 6.07) is 5.89. The summed E-state index contributed by atoms with van der Waals surface area (Å²) in [5, 5.41) is 4.35. The van der Waals surface area contributed by atoms with Gasteiger partial charge in [-0.2, -0.15) is 4.98 Å². The third-order valence-electron chi connectivity index (χ3n) is 5.99. The number of carbonyl (C=O) groups excluding carboxylic acids is 2. The monoisotopic (exact) mass is 423 g/mol. The topological polar surface area (TPSA) is 89.7 Å². The maximum atomic E-state index is 13.5. The fourth-order valence-electron chi connectivity index (χ4n) is 4.48. The number of ether oxygens (including phenoxy) is 1. The normalized spacial score (nSPS) is 21.1. The first-order valence-corrected chi connectivity index (χ1v) is 10.4. The number of hydrogen-bond acceptors (Lipinski definition) is 6. The van der Waals surface area contributed by atoms with E-state index in [1.54, 1.807) is 9.42 Å². The van der Waals surface area contributed by atoms with Crippen LogP contribution in [0.25, 0.3) is 5.78 Å². The van der Waals surface area contributed by atoms with Crippen LogP contribution >= 0.6 is 0 Å². The van der Waals surface area contributed by atoms with Gasteiger partial charge in [-0.05, 0) is 51.0 Å². The lowest BCUT2D eigenvalue weighted by molar-refractivity contribution is 0.0402. The number of carbonyl (C=O) groups is 2. The number of amides is 1. The van der Waals surface area contributed by atoms with E-state index in [2.05, 4.69) is 15.1 Å². The van der Waals surface area contributed by atoms with Crippen LogP contribution in [0.5, 0.6) is 5.75 Å². The zero-order chi connectivity index (χ0) is 21.7. The van der Waals surface area contributed by atoms with Crippen LogP contribution in [0.3, 0.4) is 0 Å². The van der Waals surface area contributed by atoms with Crippen molar-refractivity contribution in [2.24, 2.45) is 5.92 Å². The van der Waals surface area contributed by atoms with E-state index in [0.29, 0.717) is 24.6 Å². The molecule has 0 saturated carbocycles. The van der Waals surface area contributed by atoms with E-state index in [9.17, 15) is 14.0 Å². The van der Waals surface area contributed by atoms with E-state index in [0.717, 1.165) is 24.2 Å². The largest absolute Gasteiger partial charge is 0.489 e. The van der Waals surface area contributed by atoms with E-state index in [1.807, 2.05) is 19.9 Å². The predicted octanol–water partition coefficient (Wildman–Crippen LogP) is 2.77. The molecule has 2 aromatic heterocycles. The van der Waals surface area contributed by atoms with Crippen molar-refractivity contribution < 1.29 is 18.7 Å². The van der Waals surface area contributed by atoms with Crippen LogP contribution in [0.4, 0.5) is 4.39 Å². The molecule has 2 atom stereocenters. The van der Waals surface area contributed by atoms with Gasteiger partial charge in [0.05, 0.1) is 5.56 Å². The SMILES string of the molecule is Cc1cc(C)n2nc(C(=O)N3CCC[C@@H]([C@H]4CC(=O)c5cc(F)ccc5O4)C3)nc2n1. The molecule has 8 nitrogen and oxygen atoms in total. The van der Waals surface area contributed by atoms with Gasteiger partial charge in [0, 0.05) is 36.8 Å². The van der Waals surface area contributed by atoms with Gasteiger partial charge in [0.2, 0.25) is 5.82 Å². The third-order valence-corrected chi connectivity index (χ3v) is 5.99. The number of halogens is 1. The highest BCUT2D eigenvalue weighted by molar-refractivity contribution is 6.00. The zero-order valence-corrected chi connectivity index (χ0v) is 17.3. The van der Waals surface area contributed by atoms with Crippen molar-refractivity contribution in [2.75, 3.05) is 13.1 Å². The summed E-state index contributed by atoms with van der Waals surface area (Å²) in [5.41, 5.74) is 1.95. The Balaban J connectivity index is 1.35. The molecule has 1 saturated heterocycles. The van der Waals surface area contributed by atoms with Gasteiger partial charge in [0.15, 0.2) is 5.78 Å². The molecule has 0 N–H and O–H groups in total. The summed E-state index contributed by atoms with van der Waals surface area (Å²) in [6.07, 6.45) is 1.47. The number of likely N-dealkylation sites (tertiary alicyclic amines) is 1. The Morgan fingerprint density at radius 2 is 2.06 bits per heavy atom. The number of benzene rings is 1. The fourth-order valence-corrected chi connectivity index (χ4v) is 4.48. The molecule has 31 heavy (non-hydrogen) atoms. The van der Waals surface area contributed by atoms with E-state index in [-0.39, 0.29) is 41.5 Å². The van der Waals surface area contributed by atoms with Crippen LogP contribution < -0.4 is 4.74 Å². The number of hydrogen-bond donors (Lipinski definition) is 0. The van der Waals surface area contributed by atoms with Crippen molar-refractivity contribution in [3.8, 4) is 5.75 Å². The minimum absolute atomic E-state index is 0.000935. The summed E-state index contributed by atoms with van der Waals surface area (Å²) in [6.45, 7) is 4.81. The van der Waals surface area contributed by atoms with Crippen molar-refractivity contribution >= 4 is 17.5 Å². The Bertz CT molecular complexity index is 1210. The van der Waals surface area contributed by atoms with Crippen molar-refractivity contribution in [1.29, 1.82) is 0 Å². The van der Waals surface area contributed by atoms with Crippen molar-refractivity contribution in [2.45, 2.75) is 39.2 Å². The Morgan fingerprint density at radius 3 is 2.90 bits per heavy atom. The molecule has 9 heteroatoms. The second kappa shape index (κ2) is 7.40. The molecular formula is C22H22FN5O3. The lowest BCUT2D eigenvalue weighted by Gasteiger charge is -2.38. The molecule has 160 valence electrons. The summed E-state index contributed by atoms with van der Waals surface area (Å²) >= 11 is 0. The highest BCUT2D eigenvalue weighted by Gasteiger charge is 2.37. The molecule has 2 aliphatic heterocycles. The average Bonchev–Trinajstić information content (AvgIpc) is 3.18. The first kappa shape index (κ1) is 19.6. The molecule has 2 aliphatic rings. The highest BCUT2D eigenvalue weighted by atomic mass is 19.1. The molecule has 0 radical (unpaired) electrons. The second-order valence-corrected chi connectivity index (χ2v) is 8.26. The first-order valence-electron chi connectivity index (χ1n) is 10.4. The summed E-state index contributed by atoms with van der Waals surface area (Å²) in [7, 11) is 0. The molecule has 5 rings (SSSR count). The van der Waals surface area contributed by atoms with Gasteiger partial charge >= 0.3 is 0 Å². The number of fused-ring (bicyclic) bond motifs is 2. The first-order chi connectivity index (χ1) is 14.9. The number of piperidine rings is 1. The molecule has 0 unspecified atom stereocenters. The fraction of sp³-hybridized carbons (Fsp3) is 0.409. The molecule has 0 aliphatic carbocycles. The number of Topliss-reactive ketones (excluding diaryl/α,β-unsaturated/α-hetero) is 1. The Morgan fingerprint density at radius 1 is 1.23 bits per heavy atom. The Kier molecular flexibility index (Phi) is 4.68. The van der Waals surface area contributed by atoms with Crippen LogP contribution in [0.2, 0.25) is 0 Å². The molecule has 0 spiro atoms. The molecule has 1 fully saturated rings. The zero-order valence-electron chi connectivity index (χ0n) is 17.3. The van der Waals surface area contributed by atoms with Gasteiger partial charge in [0.25, 0.3) is 11.7 Å². The lowest BCUT2D eigenvalue weighted by atomic mass is 9.87. The number of aromatic nitrogens is 4. The highest BCUT2D eigenvalue weighted by Crippen LogP contribution is 2.34. The summed E-state index contributed by atoms with van der Waals surface area (Å²) < 4.78 is 21.1. The third kappa shape index (κ3) is 3.54. The van der Waals surface area contributed by atoms with Gasteiger partial charge in [-0.15, -0.1) is 5.10 Å². The van der Waals surface area contributed by atoms with E-state index >= 15 is 0 Å². The smallest absolute Gasteiger partial charge is 0.293 e. The van der Waals surface area contributed by atoms with Crippen molar-refractivity contribution in [1.82, 2.24) is 24.5 Å². The molecular weight excluding hydrogens is 401 g/mol. The summed E-state index contributed by atoms with van der Waals surface area (Å²) in [5.74, 6) is 0.0836. The molecule has 4 heterocycles. The van der Waals surface area contributed by atoms with E-state index in [1.165, 1.54) is 18.2 Å². The standard InChI is InChI=1S/C22H22FN5O3/c1-12-8-13(2)28-22(24-12)25-20(26-28)21(30)27-7-3-4-14(11-27)19-10-17(29)16-9-15(23)5-6-18(16)31-19/h5-6,8-9,14,19H,3-4,7,10-11H2,1-2H3/t14-,19-/m1/s1. The minimum Gasteiger partial charge on any atom is -0.489 e. The number of rotatable bonds is 2. The van der Waals surface area contributed by atoms with Gasteiger partial charge in [-0.1, -0.05) is 0 Å². The molecule has 3 aromatic rings. The van der Waals surface area contributed by atoms with E-state index in [4.69, 9.17) is 4.74 Å². The minimum atomic E-state index is -0.455. The molecule has 1 amide bonds. The Labute approximate surface area is 178 Å². The lowest BCUT2D eigenvalue weighted by Crippen LogP contribution is -2.46. The number of nitrogens with zero attached hydrogens (tertiary/aromatic N) is 5. The predicted molar refractivity (Wildman–Crippen MR) is 109 cm³/mol. The van der Waals surface area contributed by atoms with Gasteiger partial charge in [-0.3, -0.25) is 9.59 Å². The summed E-state index contributed by atoms with van der Waals surface area (Å²) in [4.78, 5) is 36.0. The van der Waals surface area contributed by atoms with Crippen LogP contribution in [-0.2, 0) is 0 Å². The second-order valence-electron chi connectivity index (χ2n) is 8.26. The number of aryl methyl sites for hydroxylation is 2. The van der Waals surface area contributed by atoms with Crippen LogP contribution in [0.15, 0.2) is 24.3 Å². The molecule has 1 aromatic carbocycles. The molecule has 0 bridgehead atoms. The quantitative estimate of drug-likeness (QED) is 0.630. The number of ketones is 1. The van der Waals surface area contributed by atoms with Gasteiger partial charge < -0.3 is 9.64 Å². The van der Waals surface area contributed by atoms with Gasteiger partial charge in [-0.25, -0.2) is 13.9 Å². The van der Waals surface area contributed by atoms with E-state index < -0.39 is 5.82 Å². The van der Waals surface area contributed by atoms with Crippen LogP contribution in [0.1, 0.15) is 51.6 Å². The van der Waals surface area contributed by atoms with Crippen molar-refractivity contribution in [3.63, 3.8) is 0 Å².